The first kappa shape index (κ1) is 11.9. The lowest BCUT2D eigenvalue weighted by Crippen LogP contribution is -2.42. The molecule has 0 saturated carbocycles. The first-order valence-corrected chi connectivity index (χ1v) is 4.03. The largest absolute Gasteiger partial charge is 0.480 e. The summed E-state index contributed by atoms with van der Waals surface area (Å²) in [6, 6.07) is -0.664. The van der Waals surface area contributed by atoms with Crippen LogP contribution >= 0.6 is 0 Å². The minimum atomic E-state index is -1.08. The predicted octanol–water partition coefficient (Wildman–Crippen LogP) is -1.75. The minimum absolute atomic E-state index is 0.394. The highest BCUT2D eigenvalue weighted by atomic mass is 16.4. The van der Waals surface area contributed by atoms with Gasteiger partial charge in [0.05, 0.1) is 6.04 Å². The van der Waals surface area contributed by atoms with E-state index < -0.39 is 24.5 Å². The van der Waals surface area contributed by atoms with Crippen LogP contribution in [0.1, 0.15) is 12.8 Å². The maximum atomic E-state index is 11.0. The molecule has 6 nitrogen and oxygen atoms in total. The average molecular weight is 189 g/mol. The molecule has 6 N–H and O–H groups in total. The fourth-order valence-electron chi connectivity index (χ4n) is 0.763. The lowest BCUT2D eigenvalue weighted by atomic mass is 10.1. The number of carboxylic acids is 1. The van der Waals surface area contributed by atoms with Gasteiger partial charge in [0.25, 0.3) is 0 Å². The van der Waals surface area contributed by atoms with Gasteiger partial charge in [-0.3, -0.25) is 9.59 Å². The molecule has 0 aliphatic rings. The molecule has 0 unspecified atom stereocenters. The Morgan fingerprint density at radius 3 is 2.54 bits per heavy atom. The van der Waals surface area contributed by atoms with E-state index in [1.807, 2.05) is 0 Å². The minimum Gasteiger partial charge on any atom is -0.480 e. The molecular formula is C7H15N3O3. The summed E-state index contributed by atoms with van der Waals surface area (Å²) >= 11 is 0. The number of hydrogen-bond donors (Lipinski definition) is 4. The van der Waals surface area contributed by atoms with Gasteiger partial charge in [-0.05, 0) is 19.4 Å². The van der Waals surface area contributed by atoms with Crippen LogP contribution in [0.2, 0.25) is 0 Å². The van der Waals surface area contributed by atoms with Crippen molar-refractivity contribution in [2.75, 3.05) is 13.1 Å². The first-order valence-electron chi connectivity index (χ1n) is 4.03. The summed E-state index contributed by atoms with van der Waals surface area (Å²) in [4.78, 5) is 21.1. The number of nitrogens with one attached hydrogen (secondary N) is 1. The number of carbonyl (C=O) groups is 2. The van der Waals surface area contributed by atoms with Gasteiger partial charge >= 0.3 is 5.97 Å². The van der Waals surface area contributed by atoms with Crippen molar-refractivity contribution in [3.05, 3.63) is 0 Å². The Morgan fingerprint density at radius 1 is 1.46 bits per heavy atom. The molecule has 76 valence electrons. The van der Waals surface area contributed by atoms with Crippen molar-refractivity contribution in [3.63, 3.8) is 0 Å². The van der Waals surface area contributed by atoms with E-state index in [4.69, 9.17) is 16.6 Å². The second-order valence-electron chi connectivity index (χ2n) is 2.65. The van der Waals surface area contributed by atoms with Crippen LogP contribution in [-0.4, -0.2) is 36.1 Å². The summed E-state index contributed by atoms with van der Waals surface area (Å²) in [5, 5.41) is 10.4. The average Bonchev–Trinajstić information content (AvgIpc) is 2.10. The molecule has 0 saturated heterocycles. The van der Waals surface area contributed by atoms with Crippen molar-refractivity contribution < 1.29 is 14.7 Å². The first-order chi connectivity index (χ1) is 6.07. The van der Waals surface area contributed by atoms with E-state index in [0.717, 1.165) is 0 Å². The summed E-state index contributed by atoms with van der Waals surface area (Å²) in [5.74, 6) is -1.53. The molecule has 0 aromatic rings. The number of carboxylic acid groups (broad SMARTS) is 1. The summed E-state index contributed by atoms with van der Waals surface area (Å²) < 4.78 is 0. The summed E-state index contributed by atoms with van der Waals surface area (Å²) in [6.45, 7) is 0.0784. The van der Waals surface area contributed by atoms with Crippen LogP contribution in [0.4, 0.5) is 0 Å². The summed E-state index contributed by atoms with van der Waals surface area (Å²) in [6.07, 6.45) is 1.13. The molecule has 0 fully saturated rings. The zero-order valence-corrected chi connectivity index (χ0v) is 7.32. The van der Waals surface area contributed by atoms with E-state index in [-0.39, 0.29) is 0 Å². The molecule has 0 bridgehead atoms. The number of amides is 1. The predicted molar refractivity (Wildman–Crippen MR) is 46.9 cm³/mol. The molecule has 6 heteroatoms. The topological polar surface area (TPSA) is 118 Å². The molecule has 13 heavy (non-hydrogen) atoms. The van der Waals surface area contributed by atoms with Crippen LogP contribution in [-0.2, 0) is 9.59 Å². The second-order valence-corrected chi connectivity index (χ2v) is 2.65. The van der Waals surface area contributed by atoms with Crippen LogP contribution in [0.5, 0.6) is 0 Å². The van der Waals surface area contributed by atoms with Gasteiger partial charge in [-0.2, -0.15) is 0 Å². The molecule has 0 aliphatic heterocycles. The fourth-order valence-corrected chi connectivity index (χ4v) is 0.763. The standard InChI is InChI=1S/C7H15N3O3/c8-3-1-2-5(9)7(13)10-4-6(11)12/h5H,1-4,8-9H2,(H,10,13)(H,11,12)/t5-/m0/s1. The molecule has 1 amide bonds. The third-order valence-electron chi connectivity index (χ3n) is 1.47. The van der Waals surface area contributed by atoms with Crippen molar-refractivity contribution >= 4 is 11.9 Å². The molecule has 0 radical (unpaired) electrons. The van der Waals surface area contributed by atoms with Crippen LogP contribution in [0, 0.1) is 0 Å². The van der Waals surface area contributed by atoms with E-state index in [2.05, 4.69) is 5.32 Å². The van der Waals surface area contributed by atoms with Gasteiger partial charge in [0, 0.05) is 0 Å². The van der Waals surface area contributed by atoms with Crippen molar-refractivity contribution in [1.29, 1.82) is 0 Å². The van der Waals surface area contributed by atoms with Gasteiger partial charge < -0.3 is 21.9 Å². The Hall–Kier alpha value is -1.14. The maximum Gasteiger partial charge on any atom is 0.322 e. The Kier molecular flexibility index (Phi) is 5.82. The molecule has 0 rings (SSSR count). The highest BCUT2D eigenvalue weighted by Gasteiger charge is 2.12. The Labute approximate surface area is 76.3 Å². The van der Waals surface area contributed by atoms with E-state index >= 15 is 0 Å². The van der Waals surface area contributed by atoms with Gasteiger partial charge in [0.1, 0.15) is 6.54 Å². The van der Waals surface area contributed by atoms with Gasteiger partial charge in [0.2, 0.25) is 5.91 Å². The van der Waals surface area contributed by atoms with Crippen molar-refractivity contribution in [3.8, 4) is 0 Å². The van der Waals surface area contributed by atoms with Gasteiger partial charge in [-0.25, -0.2) is 0 Å². The number of carbonyl (C=O) groups excluding carboxylic acids is 1. The normalized spacial score (nSPS) is 12.2. The van der Waals surface area contributed by atoms with Gasteiger partial charge in [0.15, 0.2) is 0 Å². The van der Waals surface area contributed by atoms with Crippen LogP contribution in [0.3, 0.4) is 0 Å². The third kappa shape index (κ3) is 6.06. The van der Waals surface area contributed by atoms with Crippen LogP contribution < -0.4 is 16.8 Å². The van der Waals surface area contributed by atoms with Crippen molar-refractivity contribution in [2.24, 2.45) is 11.5 Å². The summed E-state index contributed by atoms with van der Waals surface area (Å²) in [5.41, 5.74) is 10.6. The van der Waals surface area contributed by atoms with E-state index in [0.29, 0.717) is 19.4 Å². The molecule has 0 aromatic carbocycles. The highest BCUT2D eigenvalue weighted by Crippen LogP contribution is 1.91. The maximum absolute atomic E-state index is 11.0. The van der Waals surface area contributed by atoms with Gasteiger partial charge in [-0.15, -0.1) is 0 Å². The lowest BCUT2D eigenvalue weighted by molar-refractivity contribution is -0.138. The van der Waals surface area contributed by atoms with Gasteiger partial charge in [-0.1, -0.05) is 0 Å². The number of hydrogen-bond acceptors (Lipinski definition) is 4. The number of nitrogens with two attached hydrogens (primary N) is 2. The summed E-state index contributed by atoms with van der Waals surface area (Å²) in [7, 11) is 0. The zero-order valence-electron chi connectivity index (χ0n) is 7.32. The molecule has 0 aromatic heterocycles. The molecule has 0 spiro atoms. The Bertz CT molecular complexity index is 184. The van der Waals surface area contributed by atoms with E-state index in [1.165, 1.54) is 0 Å². The molecule has 0 aliphatic carbocycles. The monoisotopic (exact) mass is 189 g/mol. The van der Waals surface area contributed by atoms with Crippen LogP contribution in [0.15, 0.2) is 0 Å². The smallest absolute Gasteiger partial charge is 0.322 e. The number of aliphatic carboxylic acids is 1. The van der Waals surface area contributed by atoms with Crippen molar-refractivity contribution in [2.45, 2.75) is 18.9 Å². The van der Waals surface area contributed by atoms with Crippen molar-refractivity contribution in [1.82, 2.24) is 5.32 Å². The number of rotatable bonds is 6. The third-order valence-corrected chi connectivity index (χ3v) is 1.47. The molecular weight excluding hydrogens is 174 g/mol. The molecule has 0 heterocycles. The fraction of sp³-hybridized carbons (Fsp3) is 0.714. The Balaban J connectivity index is 3.63. The van der Waals surface area contributed by atoms with E-state index in [9.17, 15) is 9.59 Å². The Morgan fingerprint density at radius 2 is 2.08 bits per heavy atom. The molecule has 1 atom stereocenters. The van der Waals surface area contributed by atoms with Crippen LogP contribution in [0.25, 0.3) is 0 Å². The SMILES string of the molecule is NCCC[C@H](N)C(=O)NCC(=O)O. The lowest BCUT2D eigenvalue weighted by Gasteiger charge is -2.09. The zero-order chi connectivity index (χ0) is 10.3. The second kappa shape index (κ2) is 6.38. The van der Waals surface area contributed by atoms with E-state index in [1.54, 1.807) is 0 Å². The highest BCUT2D eigenvalue weighted by molar-refractivity contribution is 5.84. The quantitative estimate of drug-likeness (QED) is 0.395.